The first kappa shape index (κ1) is 17.3. The fourth-order valence-corrected chi connectivity index (χ4v) is 1.76. The van der Waals surface area contributed by atoms with Gasteiger partial charge in [-0.2, -0.15) is 0 Å². The number of nitrogens with two attached hydrogens (primary N) is 1. The maximum Gasteiger partial charge on any atom is 0.261 e. The van der Waals surface area contributed by atoms with Gasteiger partial charge in [0.25, 0.3) is 5.91 Å². The molecule has 1 rings (SSSR count). The summed E-state index contributed by atoms with van der Waals surface area (Å²) in [5.74, 6) is 0.995. The van der Waals surface area contributed by atoms with Gasteiger partial charge >= 0.3 is 0 Å². The summed E-state index contributed by atoms with van der Waals surface area (Å²) in [5.41, 5.74) is 6.29. The number of nitrogens with one attached hydrogen (secondary N) is 1. The number of benzene rings is 1. The van der Waals surface area contributed by atoms with Crippen molar-refractivity contribution >= 4 is 5.91 Å². The number of rotatable bonds is 6. The smallest absolute Gasteiger partial charge is 0.261 e. The molecule has 0 aliphatic heterocycles. The second kappa shape index (κ2) is 7.31. The molecular formula is C16H26N2O3. The summed E-state index contributed by atoms with van der Waals surface area (Å²) < 4.78 is 11.3. The predicted octanol–water partition coefficient (Wildman–Crippen LogP) is 2.23. The van der Waals surface area contributed by atoms with Crippen molar-refractivity contribution in [1.29, 1.82) is 0 Å². The molecule has 0 aromatic heterocycles. The van der Waals surface area contributed by atoms with Crippen LogP contribution >= 0.6 is 0 Å². The third kappa shape index (κ3) is 5.63. The summed E-state index contributed by atoms with van der Waals surface area (Å²) in [6.07, 6.45) is -0.604. The van der Waals surface area contributed by atoms with Crippen LogP contribution in [0.2, 0.25) is 0 Å². The van der Waals surface area contributed by atoms with Crippen LogP contribution in [-0.4, -0.2) is 24.2 Å². The Balaban J connectivity index is 2.83. The zero-order chi connectivity index (χ0) is 16.0. The van der Waals surface area contributed by atoms with Crippen LogP contribution in [0.3, 0.4) is 0 Å². The molecule has 0 heterocycles. The van der Waals surface area contributed by atoms with Gasteiger partial charge < -0.3 is 20.5 Å². The zero-order valence-electron chi connectivity index (χ0n) is 13.5. The second-order valence-corrected chi connectivity index (χ2v) is 5.92. The molecular weight excluding hydrogens is 268 g/mol. The average Bonchev–Trinajstić information content (AvgIpc) is 2.39. The van der Waals surface area contributed by atoms with Crippen molar-refractivity contribution in [2.45, 2.75) is 52.8 Å². The molecule has 0 radical (unpaired) electrons. The van der Waals surface area contributed by atoms with Crippen LogP contribution in [-0.2, 0) is 11.3 Å². The van der Waals surface area contributed by atoms with Crippen LogP contribution < -0.4 is 20.5 Å². The lowest BCUT2D eigenvalue weighted by molar-refractivity contribution is -0.128. The van der Waals surface area contributed by atoms with Gasteiger partial charge in [0.1, 0.15) is 0 Å². The van der Waals surface area contributed by atoms with Crippen LogP contribution in [0.1, 0.15) is 40.2 Å². The maximum atomic E-state index is 12.1. The summed E-state index contributed by atoms with van der Waals surface area (Å²) in [4.78, 5) is 12.1. The van der Waals surface area contributed by atoms with E-state index in [1.54, 1.807) is 13.0 Å². The average molecular weight is 294 g/mol. The van der Waals surface area contributed by atoms with E-state index < -0.39 is 6.10 Å². The van der Waals surface area contributed by atoms with E-state index in [1.165, 1.54) is 0 Å². The lowest BCUT2D eigenvalue weighted by atomic mass is 10.1. The second-order valence-electron chi connectivity index (χ2n) is 5.92. The maximum absolute atomic E-state index is 12.1. The van der Waals surface area contributed by atoms with E-state index in [1.807, 2.05) is 39.8 Å². The van der Waals surface area contributed by atoms with Gasteiger partial charge in [-0.25, -0.2) is 0 Å². The predicted molar refractivity (Wildman–Crippen MR) is 83.5 cm³/mol. The quantitative estimate of drug-likeness (QED) is 0.844. The molecule has 0 fully saturated rings. The standard InChI is InChI=1S/C16H26N2O3/c1-6-20-14-9-12(10-17)7-8-13(14)21-11(2)15(19)18-16(3,4)5/h7-9,11H,6,10,17H2,1-5H3,(H,18,19). The van der Waals surface area contributed by atoms with Gasteiger partial charge in [0.05, 0.1) is 6.61 Å². The molecule has 0 aliphatic carbocycles. The highest BCUT2D eigenvalue weighted by Crippen LogP contribution is 2.29. The van der Waals surface area contributed by atoms with Crippen LogP contribution in [0.5, 0.6) is 11.5 Å². The molecule has 118 valence electrons. The fraction of sp³-hybridized carbons (Fsp3) is 0.562. The van der Waals surface area contributed by atoms with Crippen molar-refractivity contribution in [3.05, 3.63) is 23.8 Å². The molecule has 1 atom stereocenters. The molecule has 5 heteroatoms. The topological polar surface area (TPSA) is 73.6 Å². The highest BCUT2D eigenvalue weighted by molar-refractivity contribution is 5.81. The molecule has 0 bridgehead atoms. The van der Waals surface area contributed by atoms with Crippen LogP contribution in [0.15, 0.2) is 18.2 Å². The van der Waals surface area contributed by atoms with E-state index in [2.05, 4.69) is 5.32 Å². The van der Waals surface area contributed by atoms with Crippen molar-refractivity contribution < 1.29 is 14.3 Å². The monoisotopic (exact) mass is 294 g/mol. The first-order chi connectivity index (χ1) is 9.76. The number of amides is 1. The Hall–Kier alpha value is -1.75. The summed E-state index contributed by atoms with van der Waals surface area (Å²) in [5, 5.41) is 2.89. The Morgan fingerprint density at radius 3 is 2.52 bits per heavy atom. The Kier molecular flexibility index (Phi) is 6.03. The normalized spacial score (nSPS) is 12.7. The van der Waals surface area contributed by atoms with E-state index in [4.69, 9.17) is 15.2 Å². The van der Waals surface area contributed by atoms with Crippen molar-refractivity contribution in [3.63, 3.8) is 0 Å². The molecule has 5 nitrogen and oxygen atoms in total. The number of ether oxygens (including phenoxy) is 2. The summed E-state index contributed by atoms with van der Waals surface area (Å²) in [7, 11) is 0. The van der Waals surface area contributed by atoms with Gasteiger partial charge in [0.2, 0.25) is 0 Å². The number of carbonyl (C=O) groups is 1. The van der Waals surface area contributed by atoms with Gasteiger partial charge in [0, 0.05) is 12.1 Å². The minimum Gasteiger partial charge on any atom is -0.490 e. The van der Waals surface area contributed by atoms with E-state index in [0.29, 0.717) is 24.7 Å². The summed E-state index contributed by atoms with van der Waals surface area (Å²) in [6.45, 7) is 10.4. The fourth-order valence-electron chi connectivity index (χ4n) is 1.76. The van der Waals surface area contributed by atoms with Gasteiger partial charge in [0.15, 0.2) is 17.6 Å². The summed E-state index contributed by atoms with van der Waals surface area (Å²) >= 11 is 0. The molecule has 1 amide bonds. The van der Waals surface area contributed by atoms with Gasteiger partial charge in [-0.05, 0) is 52.3 Å². The Bertz CT molecular complexity index is 481. The van der Waals surface area contributed by atoms with E-state index in [0.717, 1.165) is 5.56 Å². The minimum absolute atomic E-state index is 0.159. The SMILES string of the molecule is CCOc1cc(CN)ccc1OC(C)C(=O)NC(C)(C)C. The molecule has 0 spiro atoms. The van der Waals surface area contributed by atoms with Gasteiger partial charge in [-0.3, -0.25) is 4.79 Å². The van der Waals surface area contributed by atoms with Crippen LogP contribution in [0.4, 0.5) is 0 Å². The van der Waals surface area contributed by atoms with Gasteiger partial charge in [-0.15, -0.1) is 0 Å². The Labute approximate surface area is 126 Å². The first-order valence-electron chi connectivity index (χ1n) is 7.21. The lowest BCUT2D eigenvalue weighted by Gasteiger charge is -2.24. The van der Waals surface area contributed by atoms with E-state index in [-0.39, 0.29) is 11.4 Å². The molecule has 0 saturated heterocycles. The molecule has 3 N–H and O–H groups in total. The number of hydrogen-bond donors (Lipinski definition) is 2. The molecule has 1 aromatic carbocycles. The van der Waals surface area contributed by atoms with Crippen LogP contribution in [0.25, 0.3) is 0 Å². The third-order valence-electron chi connectivity index (χ3n) is 2.71. The summed E-state index contributed by atoms with van der Waals surface area (Å²) in [6, 6.07) is 5.49. The zero-order valence-corrected chi connectivity index (χ0v) is 13.5. The van der Waals surface area contributed by atoms with E-state index >= 15 is 0 Å². The third-order valence-corrected chi connectivity index (χ3v) is 2.71. The first-order valence-corrected chi connectivity index (χ1v) is 7.21. The molecule has 21 heavy (non-hydrogen) atoms. The van der Waals surface area contributed by atoms with E-state index in [9.17, 15) is 4.79 Å². The Morgan fingerprint density at radius 1 is 1.33 bits per heavy atom. The van der Waals surface area contributed by atoms with Crippen molar-refractivity contribution in [2.75, 3.05) is 6.61 Å². The van der Waals surface area contributed by atoms with Crippen molar-refractivity contribution in [3.8, 4) is 11.5 Å². The molecule has 1 unspecified atom stereocenters. The van der Waals surface area contributed by atoms with Crippen LogP contribution in [0, 0.1) is 0 Å². The molecule has 0 aliphatic rings. The highest BCUT2D eigenvalue weighted by atomic mass is 16.5. The van der Waals surface area contributed by atoms with Gasteiger partial charge in [-0.1, -0.05) is 6.07 Å². The highest BCUT2D eigenvalue weighted by Gasteiger charge is 2.21. The number of carbonyl (C=O) groups excluding carboxylic acids is 1. The Morgan fingerprint density at radius 2 is 2.00 bits per heavy atom. The molecule has 0 saturated carbocycles. The van der Waals surface area contributed by atoms with Crippen molar-refractivity contribution in [1.82, 2.24) is 5.32 Å². The molecule has 1 aromatic rings. The minimum atomic E-state index is -0.604. The largest absolute Gasteiger partial charge is 0.490 e. The lowest BCUT2D eigenvalue weighted by Crippen LogP contribution is -2.46. The number of hydrogen-bond acceptors (Lipinski definition) is 4. The van der Waals surface area contributed by atoms with Crippen molar-refractivity contribution in [2.24, 2.45) is 5.73 Å².